The number of hydrogen-bond acceptors (Lipinski definition) is 3. The van der Waals surface area contributed by atoms with Crippen molar-refractivity contribution in [2.45, 2.75) is 26.8 Å². The zero-order valence-corrected chi connectivity index (χ0v) is 12.3. The van der Waals surface area contributed by atoms with Gasteiger partial charge in [0.15, 0.2) is 0 Å². The van der Waals surface area contributed by atoms with Crippen LogP contribution in [0.25, 0.3) is 5.69 Å². The molecule has 0 radical (unpaired) electrons. The monoisotopic (exact) mass is 271 g/mol. The second kappa shape index (κ2) is 4.94. The van der Waals surface area contributed by atoms with E-state index in [9.17, 15) is 0 Å². The Bertz CT molecular complexity index is 589. The quantitative estimate of drug-likeness (QED) is 0.932. The number of para-hydroxylation sites is 1. The molecule has 1 N–H and O–H groups in total. The summed E-state index contributed by atoms with van der Waals surface area (Å²) in [5.74, 6) is 0. The van der Waals surface area contributed by atoms with Crippen LogP contribution in [0.5, 0.6) is 0 Å². The van der Waals surface area contributed by atoms with Crippen LogP contribution < -0.4 is 5.32 Å². The van der Waals surface area contributed by atoms with Crippen molar-refractivity contribution in [3.8, 4) is 5.69 Å². The summed E-state index contributed by atoms with van der Waals surface area (Å²) in [6.07, 6.45) is 1.90. The summed E-state index contributed by atoms with van der Waals surface area (Å²) in [5, 5.41) is 8.07. The van der Waals surface area contributed by atoms with Gasteiger partial charge in [0, 0.05) is 5.41 Å². The number of hydrogen-bond donors (Lipinski definition) is 1. The fourth-order valence-electron chi connectivity index (χ4n) is 2.57. The molecule has 106 valence electrons. The molecule has 20 heavy (non-hydrogen) atoms. The van der Waals surface area contributed by atoms with Crippen LogP contribution in [0.15, 0.2) is 36.5 Å². The summed E-state index contributed by atoms with van der Waals surface area (Å²) in [7, 11) is 0. The highest BCUT2D eigenvalue weighted by atomic mass is 16.5. The smallest absolute Gasteiger partial charge is 0.0764 e. The predicted octanol–water partition coefficient (Wildman–Crippen LogP) is 3.02. The molecular formula is C16H21N3O. The minimum absolute atomic E-state index is 0.154. The second-order valence-electron chi connectivity index (χ2n) is 6.09. The van der Waals surface area contributed by atoms with E-state index >= 15 is 0 Å². The summed E-state index contributed by atoms with van der Waals surface area (Å²) in [6.45, 7) is 8.11. The maximum absolute atomic E-state index is 5.59. The van der Waals surface area contributed by atoms with Crippen LogP contribution in [0.1, 0.15) is 19.5 Å². The molecule has 4 nitrogen and oxygen atoms in total. The average Bonchev–Trinajstić information content (AvgIpc) is 2.95. The van der Waals surface area contributed by atoms with Gasteiger partial charge in [-0.05, 0) is 19.1 Å². The van der Waals surface area contributed by atoms with E-state index in [1.54, 1.807) is 0 Å². The molecule has 1 fully saturated rings. The molecule has 1 aliphatic rings. The van der Waals surface area contributed by atoms with Crippen LogP contribution >= 0.6 is 0 Å². The Morgan fingerprint density at radius 1 is 1.30 bits per heavy atom. The fraction of sp³-hybridized carbons (Fsp3) is 0.438. The summed E-state index contributed by atoms with van der Waals surface area (Å²) in [6, 6.07) is 10.5. The molecular weight excluding hydrogens is 250 g/mol. The van der Waals surface area contributed by atoms with Gasteiger partial charge in [-0.3, -0.25) is 0 Å². The summed E-state index contributed by atoms with van der Waals surface area (Å²) in [5.41, 5.74) is 3.44. The first-order valence-corrected chi connectivity index (χ1v) is 7.02. The van der Waals surface area contributed by atoms with E-state index < -0.39 is 0 Å². The highest BCUT2D eigenvalue weighted by Crippen LogP contribution is 2.31. The highest BCUT2D eigenvalue weighted by Gasteiger charge is 2.36. The molecule has 1 aromatic carbocycles. The Morgan fingerprint density at radius 3 is 2.70 bits per heavy atom. The number of ether oxygens (including phenoxy) is 1. The third kappa shape index (κ3) is 2.31. The average molecular weight is 271 g/mol. The van der Waals surface area contributed by atoms with Crippen molar-refractivity contribution in [2.24, 2.45) is 5.41 Å². The summed E-state index contributed by atoms with van der Waals surface area (Å²) < 4.78 is 7.55. The molecule has 2 aromatic rings. The lowest BCUT2D eigenvalue weighted by Crippen LogP contribution is -2.34. The Morgan fingerprint density at radius 2 is 2.05 bits per heavy atom. The Hall–Kier alpha value is -1.81. The van der Waals surface area contributed by atoms with Crippen molar-refractivity contribution in [3.05, 3.63) is 42.2 Å². The maximum Gasteiger partial charge on any atom is 0.0764 e. The van der Waals surface area contributed by atoms with Crippen molar-refractivity contribution in [3.63, 3.8) is 0 Å². The first-order valence-electron chi connectivity index (χ1n) is 7.02. The van der Waals surface area contributed by atoms with E-state index in [0.717, 1.165) is 30.3 Å². The van der Waals surface area contributed by atoms with Gasteiger partial charge in [-0.25, -0.2) is 4.68 Å². The zero-order chi connectivity index (χ0) is 14.2. The van der Waals surface area contributed by atoms with E-state index in [1.165, 1.54) is 0 Å². The number of nitrogens with zero attached hydrogens (tertiary/aromatic N) is 2. The Labute approximate surface area is 119 Å². The highest BCUT2D eigenvalue weighted by molar-refractivity contribution is 5.50. The molecule has 3 rings (SSSR count). The van der Waals surface area contributed by atoms with Crippen LogP contribution in [0.3, 0.4) is 0 Å². The van der Waals surface area contributed by atoms with Crippen LogP contribution in [0.4, 0.5) is 5.69 Å². The molecule has 0 saturated carbocycles. The van der Waals surface area contributed by atoms with Crippen LogP contribution in [0.2, 0.25) is 0 Å². The Balaban J connectivity index is 1.84. The molecule has 1 atom stereocenters. The molecule has 0 amide bonds. The number of aromatic nitrogens is 2. The minimum Gasteiger partial charge on any atom is -0.379 e. The molecule has 1 saturated heterocycles. The first-order chi connectivity index (χ1) is 9.58. The van der Waals surface area contributed by atoms with E-state index in [-0.39, 0.29) is 5.41 Å². The van der Waals surface area contributed by atoms with Crippen LogP contribution in [-0.4, -0.2) is 29.0 Å². The van der Waals surface area contributed by atoms with Gasteiger partial charge in [-0.2, -0.15) is 5.10 Å². The van der Waals surface area contributed by atoms with E-state index in [0.29, 0.717) is 6.04 Å². The lowest BCUT2D eigenvalue weighted by atomic mass is 9.88. The fourth-order valence-corrected chi connectivity index (χ4v) is 2.57. The molecule has 1 unspecified atom stereocenters. The van der Waals surface area contributed by atoms with E-state index in [2.05, 4.69) is 43.3 Å². The third-order valence-corrected chi connectivity index (χ3v) is 4.04. The minimum atomic E-state index is 0.154. The van der Waals surface area contributed by atoms with Gasteiger partial charge in [0.05, 0.1) is 42.5 Å². The SMILES string of the molecule is Cc1c(NC2COCC2(C)C)cnn1-c1ccccc1. The first kappa shape index (κ1) is 13.2. The molecule has 4 heteroatoms. The van der Waals surface area contributed by atoms with Gasteiger partial charge in [-0.1, -0.05) is 32.0 Å². The standard InChI is InChI=1S/C16H21N3O/c1-12-14(18-15-10-20-11-16(15,2)3)9-17-19(12)13-7-5-4-6-8-13/h4-9,15,18H,10-11H2,1-3H3. The van der Waals surface area contributed by atoms with Gasteiger partial charge >= 0.3 is 0 Å². The van der Waals surface area contributed by atoms with Crippen molar-refractivity contribution in [1.29, 1.82) is 0 Å². The molecule has 1 aliphatic heterocycles. The summed E-state index contributed by atoms with van der Waals surface area (Å²) in [4.78, 5) is 0. The van der Waals surface area contributed by atoms with Gasteiger partial charge in [0.2, 0.25) is 0 Å². The lowest BCUT2D eigenvalue weighted by molar-refractivity contribution is 0.167. The van der Waals surface area contributed by atoms with Gasteiger partial charge < -0.3 is 10.1 Å². The largest absolute Gasteiger partial charge is 0.379 e. The third-order valence-electron chi connectivity index (χ3n) is 4.04. The van der Waals surface area contributed by atoms with Crippen molar-refractivity contribution in [2.75, 3.05) is 18.5 Å². The maximum atomic E-state index is 5.59. The molecule has 0 aliphatic carbocycles. The number of rotatable bonds is 3. The predicted molar refractivity (Wildman–Crippen MR) is 80.3 cm³/mol. The normalized spacial score (nSPS) is 21.1. The van der Waals surface area contributed by atoms with Gasteiger partial charge in [-0.15, -0.1) is 0 Å². The molecule has 1 aromatic heterocycles. The second-order valence-corrected chi connectivity index (χ2v) is 6.09. The Kier molecular flexibility index (Phi) is 3.26. The number of nitrogens with one attached hydrogen (secondary N) is 1. The summed E-state index contributed by atoms with van der Waals surface area (Å²) >= 11 is 0. The van der Waals surface area contributed by atoms with Crippen LogP contribution in [-0.2, 0) is 4.74 Å². The van der Waals surface area contributed by atoms with E-state index in [1.807, 2.05) is 29.1 Å². The van der Waals surface area contributed by atoms with Crippen molar-refractivity contribution >= 4 is 5.69 Å². The van der Waals surface area contributed by atoms with Crippen molar-refractivity contribution in [1.82, 2.24) is 9.78 Å². The van der Waals surface area contributed by atoms with Gasteiger partial charge in [0.25, 0.3) is 0 Å². The zero-order valence-electron chi connectivity index (χ0n) is 12.3. The topological polar surface area (TPSA) is 39.1 Å². The number of benzene rings is 1. The molecule has 0 bridgehead atoms. The molecule has 2 heterocycles. The van der Waals surface area contributed by atoms with Crippen LogP contribution in [0, 0.1) is 12.3 Å². The lowest BCUT2D eigenvalue weighted by Gasteiger charge is -2.26. The number of anilines is 1. The van der Waals surface area contributed by atoms with Gasteiger partial charge in [0.1, 0.15) is 0 Å². The van der Waals surface area contributed by atoms with E-state index in [4.69, 9.17) is 4.74 Å². The molecule has 0 spiro atoms. The van der Waals surface area contributed by atoms with Crippen molar-refractivity contribution < 1.29 is 4.74 Å².